The SMILES string of the molecule is CC(=O)c1sccc1NS(=O)(=O)c1ccc(Cl)cc1. The molecule has 0 fully saturated rings. The highest BCUT2D eigenvalue weighted by Gasteiger charge is 2.18. The molecule has 0 bridgehead atoms. The minimum absolute atomic E-state index is 0.0950. The molecule has 100 valence electrons. The third-order valence-corrected chi connectivity index (χ3v) is 5.00. The van der Waals surface area contributed by atoms with Crippen molar-refractivity contribution in [3.63, 3.8) is 0 Å². The average Bonchev–Trinajstić information content (AvgIpc) is 2.77. The standard InChI is InChI=1S/C12H10ClNO3S2/c1-8(15)12-11(6-7-18-12)14-19(16,17)10-4-2-9(13)3-5-10/h2-7,14H,1H3. The molecule has 0 amide bonds. The van der Waals surface area contributed by atoms with Crippen LogP contribution in [-0.2, 0) is 10.0 Å². The van der Waals surface area contributed by atoms with Crippen LogP contribution in [-0.4, -0.2) is 14.2 Å². The number of anilines is 1. The van der Waals surface area contributed by atoms with Crippen molar-refractivity contribution >= 4 is 44.4 Å². The first-order valence-electron chi connectivity index (χ1n) is 5.27. The van der Waals surface area contributed by atoms with Gasteiger partial charge in [0.2, 0.25) is 0 Å². The predicted octanol–water partition coefficient (Wildman–Crippen LogP) is 3.40. The smallest absolute Gasteiger partial charge is 0.261 e. The molecule has 1 N–H and O–H groups in total. The zero-order chi connectivity index (χ0) is 14.0. The molecule has 7 heteroatoms. The molecule has 1 heterocycles. The van der Waals surface area contributed by atoms with Crippen LogP contribution in [0.1, 0.15) is 16.6 Å². The van der Waals surface area contributed by atoms with E-state index in [1.54, 1.807) is 11.4 Å². The summed E-state index contributed by atoms with van der Waals surface area (Å²) in [5.41, 5.74) is 0.299. The number of carbonyl (C=O) groups excluding carboxylic acids is 1. The molecule has 0 aliphatic rings. The molecule has 0 radical (unpaired) electrons. The largest absolute Gasteiger partial charge is 0.294 e. The lowest BCUT2D eigenvalue weighted by atomic mass is 10.3. The fourth-order valence-corrected chi connectivity index (χ4v) is 3.49. The molecule has 0 aliphatic carbocycles. The number of hydrogen-bond donors (Lipinski definition) is 1. The van der Waals surface area contributed by atoms with Crippen molar-refractivity contribution in [2.45, 2.75) is 11.8 Å². The molecule has 2 aromatic rings. The van der Waals surface area contributed by atoms with Crippen LogP contribution in [0.25, 0.3) is 0 Å². The first-order valence-corrected chi connectivity index (χ1v) is 8.01. The van der Waals surface area contributed by atoms with Gasteiger partial charge in [-0.15, -0.1) is 11.3 Å². The van der Waals surface area contributed by atoms with Gasteiger partial charge in [0, 0.05) is 11.9 Å². The highest BCUT2D eigenvalue weighted by molar-refractivity contribution is 7.92. The van der Waals surface area contributed by atoms with Crippen LogP contribution in [0.3, 0.4) is 0 Å². The van der Waals surface area contributed by atoms with Gasteiger partial charge in [-0.2, -0.15) is 0 Å². The third kappa shape index (κ3) is 3.15. The van der Waals surface area contributed by atoms with Gasteiger partial charge in [0.1, 0.15) is 0 Å². The summed E-state index contributed by atoms with van der Waals surface area (Å²) in [6, 6.07) is 7.37. The highest BCUT2D eigenvalue weighted by atomic mass is 35.5. The summed E-state index contributed by atoms with van der Waals surface area (Å²) in [7, 11) is -3.71. The number of benzene rings is 1. The maximum absolute atomic E-state index is 12.1. The average molecular weight is 316 g/mol. The number of hydrogen-bond acceptors (Lipinski definition) is 4. The van der Waals surface area contributed by atoms with Gasteiger partial charge in [-0.05, 0) is 35.7 Å². The number of rotatable bonds is 4. The minimum atomic E-state index is -3.71. The Balaban J connectivity index is 2.34. The Morgan fingerprint density at radius 1 is 1.21 bits per heavy atom. The summed E-state index contributed by atoms with van der Waals surface area (Å²) in [5, 5.41) is 2.12. The van der Waals surface area contributed by atoms with Crippen molar-refractivity contribution in [3.05, 3.63) is 45.6 Å². The molecule has 0 unspecified atom stereocenters. The van der Waals surface area contributed by atoms with E-state index in [1.165, 1.54) is 42.5 Å². The van der Waals surface area contributed by atoms with E-state index < -0.39 is 10.0 Å². The molecule has 0 atom stereocenters. The number of carbonyl (C=O) groups is 1. The number of nitrogens with one attached hydrogen (secondary N) is 1. The maximum Gasteiger partial charge on any atom is 0.261 e. The Morgan fingerprint density at radius 3 is 2.42 bits per heavy atom. The van der Waals surface area contributed by atoms with Gasteiger partial charge in [0.25, 0.3) is 10.0 Å². The second-order valence-corrected chi connectivity index (χ2v) is 6.81. The minimum Gasteiger partial charge on any atom is -0.294 e. The Morgan fingerprint density at radius 2 is 1.84 bits per heavy atom. The van der Waals surface area contributed by atoms with Crippen LogP contribution >= 0.6 is 22.9 Å². The summed E-state index contributed by atoms with van der Waals surface area (Å²) in [6.07, 6.45) is 0. The number of halogens is 1. The molecule has 19 heavy (non-hydrogen) atoms. The topological polar surface area (TPSA) is 63.2 Å². The molecule has 1 aromatic heterocycles. The molecule has 4 nitrogen and oxygen atoms in total. The number of sulfonamides is 1. The number of thiophene rings is 1. The Hall–Kier alpha value is -1.37. The Labute approximate surface area is 120 Å². The van der Waals surface area contributed by atoms with Crippen molar-refractivity contribution in [1.82, 2.24) is 0 Å². The summed E-state index contributed by atoms with van der Waals surface area (Å²) in [6.45, 7) is 1.39. The lowest BCUT2D eigenvalue weighted by Gasteiger charge is -2.07. The van der Waals surface area contributed by atoms with E-state index in [-0.39, 0.29) is 10.7 Å². The van der Waals surface area contributed by atoms with E-state index in [4.69, 9.17) is 11.6 Å². The predicted molar refractivity (Wildman–Crippen MR) is 76.6 cm³/mol. The normalized spacial score (nSPS) is 11.3. The summed E-state index contributed by atoms with van der Waals surface area (Å²) in [5.74, 6) is -0.177. The van der Waals surface area contributed by atoms with Crippen molar-refractivity contribution < 1.29 is 13.2 Å². The van der Waals surface area contributed by atoms with Gasteiger partial charge in [-0.1, -0.05) is 11.6 Å². The van der Waals surface area contributed by atoms with Crippen LogP contribution in [0.2, 0.25) is 5.02 Å². The van der Waals surface area contributed by atoms with Gasteiger partial charge in [0.05, 0.1) is 15.5 Å². The van der Waals surface area contributed by atoms with Crippen molar-refractivity contribution in [2.24, 2.45) is 0 Å². The number of Topliss-reactive ketones (excluding diaryl/α,β-unsaturated/α-hetero) is 1. The van der Waals surface area contributed by atoms with Crippen LogP contribution in [0.4, 0.5) is 5.69 Å². The van der Waals surface area contributed by atoms with Crippen LogP contribution in [0.15, 0.2) is 40.6 Å². The molecule has 0 aliphatic heterocycles. The molecule has 0 saturated heterocycles. The fourth-order valence-electron chi connectivity index (χ4n) is 1.48. The van der Waals surface area contributed by atoms with Gasteiger partial charge >= 0.3 is 0 Å². The van der Waals surface area contributed by atoms with Crippen molar-refractivity contribution in [2.75, 3.05) is 4.72 Å². The Kier molecular flexibility index (Phi) is 3.93. The molecule has 0 saturated carbocycles. The van der Waals surface area contributed by atoms with Gasteiger partial charge in [-0.25, -0.2) is 8.42 Å². The molecule has 0 spiro atoms. The lowest BCUT2D eigenvalue weighted by Crippen LogP contribution is -2.13. The van der Waals surface area contributed by atoms with Crippen molar-refractivity contribution in [3.8, 4) is 0 Å². The van der Waals surface area contributed by atoms with Gasteiger partial charge in [-0.3, -0.25) is 9.52 Å². The van der Waals surface area contributed by atoms with Crippen LogP contribution < -0.4 is 4.72 Å². The maximum atomic E-state index is 12.1. The first kappa shape index (κ1) is 14.0. The van der Waals surface area contributed by atoms with E-state index in [1.807, 2.05) is 0 Å². The molecular formula is C12H10ClNO3S2. The van der Waals surface area contributed by atoms with E-state index in [9.17, 15) is 13.2 Å². The van der Waals surface area contributed by atoms with Crippen molar-refractivity contribution in [1.29, 1.82) is 0 Å². The van der Waals surface area contributed by atoms with E-state index >= 15 is 0 Å². The van der Waals surface area contributed by atoms with Gasteiger partial charge in [0.15, 0.2) is 5.78 Å². The summed E-state index contributed by atoms with van der Waals surface area (Å²) in [4.78, 5) is 11.8. The van der Waals surface area contributed by atoms with E-state index in [0.717, 1.165) is 0 Å². The molecule has 1 aromatic carbocycles. The van der Waals surface area contributed by atoms with Gasteiger partial charge < -0.3 is 0 Å². The number of ketones is 1. The van der Waals surface area contributed by atoms with E-state index in [2.05, 4.69) is 4.72 Å². The second-order valence-electron chi connectivity index (χ2n) is 3.78. The monoisotopic (exact) mass is 315 g/mol. The Bertz CT molecular complexity index is 705. The molecule has 2 rings (SSSR count). The van der Waals surface area contributed by atoms with Crippen LogP contribution in [0.5, 0.6) is 0 Å². The first-order chi connectivity index (χ1) is 8.90. The summed E-state index contributed by atoms with van der Waals surface area (Å²) >= 11 is 6.91. The second kappa shape index (κ2) is 5.32. The summed E-state index contributed by atoms with van der Waals surface area (Å²) < 4.78 is 26.7. The lowest BCUT2D eigenvalue weighted by molar-refractivity contribution is 0.102. The van der Waals surface area contributed by atoms with E-state index in [0.29, 0.717) is 15.6 Å². The van der Waals surface area contributed by atoms with Crippen LogP contribution in [0, 0.1) is 0 Å². The zero-order valence-corrected chi connectivity index (χ0v) is 12.3. The quantitative estimate of drug-likeness (QED) is 0.879. The molecular weight excluding hydrogens is 306 g/mol. The zero-order valence-electron chi connectivity index (χ0n) is 9.88. The highest BCUT2D eigenvalue weighted by Crippen LogP contribution is 2.26. The third-order valence-electron chi connectivity index (χ3n) is 2.35. The fraction of sp³-hybridized carbons (Fsp3) is 0.0833.